The summed E-state index contributed by atoms with van der Waals surface area (Å²) in [5, 5.41) is 23.2. The molecular formula is C72H129NO3. The molecule has 0 aliphatic heterocycles. The van der Waals surface area contributed by atoms with E-state index in [4.69, 9.17) is 0 Å². The van der Waals surface area contributed by atoms with E-state index in [1.54, 1.807) is 6.08 Å². The van der Waals surface area contributed by atoms with Crippen molar-refractivity contribution in [1.82, 2.24) is 5.32 Å². The maximum absolute atomic E-state index is 12.5. The van der Waals surface area contributed by atoms with Gasteiger partial charge in [-0.2, -0.15) is 0 Å². The van der Waals surface area contributed by atoms with E-state index in [9.17, 15) is 15.0 Å². The molecule has 0 saturated carbocycles. The van der Waals surface area contributed by atoms with Gasteiger partial charge in [0, 0.05) is 6.42 Å². The van der Waals surface area contributed by atoms with Gasteiger partial charge in [-0.15, -0.1) is 0 Å². The van der Waals surface area contributed by atoms with Crippen molar-refractivity contribution < 1.29 is 15.0 Å². The molecule has 0 aliphatic rings. The van der Waals surface area contributed by atoms with Crippen LogP contribution in [0.25, 0.3) is 0 Å². The van der Waals surface area contributed by atoms with E-state index in [0.29, 0.717) is 6.42 Å². The summed E-state index contributed by atoms with van der Waals surface area (Å²) in [7, 11) is 0. The zero-order chi connectivity index (χ0) is 54.8. The number of rotatable bonds is 61. The Hall–Kier alpha value is -2.69. The molecule has 0 aromatic rings. The van der Waals surface area contributed by atoms with Crippen LogP contribution in [0.15, 0.2) is 97.2 Å². The summed E-state index contributed by atoms with van der Waals surface area (Å²) in [6.45, 7) is 4.21. The minimum atomic E-state index is -0.877. The third kappa shape index (κ3) is 62.2. The number of allylic oxidation sites excluding steroid dienone is 15. The highest BCUT2D eigenvalue weighted by Gasteiger charge is 2.18. The predicted molar refractivity (Wildman–Crippen MR) is 340 cm³/mol. The first-order valence-corrected chi connectivity index (χ1v) is 33.5. The fraction of sp³-hybridized carbons (Fsp3) is 0.764. The van der Waals surface area contributed by atoms with Crippen molar-refractivity contribution >= 4 is 5.91 Å². The third-order valence-electron chi connectivity index (χ3n) is 15.0. The molecular weight excluding hydrogens is 927 g/mol. The van der Waals surface area contributed by atoms with E-state index in [1.807, 2.05) is 6.08 Å². The summed E-state index contributed by atoms with van der Waals surface area (Å²) in [6.07, 6.45) is 99.1. The summed E-state index contributed by atoms with van der Waals surface area (Å²) >= 11 is 0. The molecule has 0 radical (unpaired) electrons. The van der Waals surface area contributed by atoms with Gasteiger partial charge in [0.1, 0.15) is 0 Å². The zero-order valence-corrected chi connectivity index (χ0v) is 50.8. The van der Waals surface area contributed by atoms with Crippen molar-refractivity contribution in [1.29, 1.82) is 0 Å². The van der Waals surface area contributed by atoms with Gasteiger partial charge in [0.25, 0.3) is 0 Å². The highest BCUT2D eigenvalue weighted by atomic mass is 16.3. The van der Waals surface area contributed by atoms with Crippen molar-refractivity contribution in [3.05, 3.63) is 97.2 Å². The lowest BCUT2D eigenvalue weighted by Crippen LogP contribution is -2.45. The maximum atomic E-state index is 12.5. The molecule has 0 aromatic carbocycles. The molecule has 76 heavy (non-hydrogen) atoms. The summed E-state index contributed by atoms with van der Waals surface area (Å²) in [4.78, 5) is 12.5. The lowest BCUT2D eigenvalue weighted by molar-refractivity contribution is -0.123. The van der Waals surface area contributed by atoms with Crippen LogP contribution >= 0.6 is 0 Å². The van der Waals surface area contributed by atoms with Crippen LogP contribution in [0.3, 0.4) is 0 Å². The molecule has 2 unspecified atom stereocenters. The van der Waals surface area contributed by atoms with Crippen LogP contribution in [0.1, 0.15) is 335 Å². The maximum Gasteiger partial charge on any atom is 0.220 e. The Morgan fingerprint density at radius 3 is 0.921 bits per heavy atom. The molecule has 4 nitrogen and oxygen atoms in total. The van der Waals surface area contributed by atoms with Gasteiger partial charge in [0.2, 0.25) is 5.91 Å². The van der Waals surface area contributed by atoms with Crippen molar-refractivity contribution in [3.63, 3.8) is 0 Å². The number of nitrogens with one attached hydrogen (secondary N) is 1. The van der Waals surface area contributed by atoms with Crippen molar-refractivity contribution in [2.75, 3.05) is 6.61 Å². The van der Waals surface area contributed by atoms with E-state index in [1.165, 1.54) is 244 Å². The van der Waals surface area contributed by atoms with Crippen LogP contribution in [0.5, 0.6) is 0 Å². The average molecular weight is 1060 g/mol. The molecule has 440 valence electrons. The third-order valence-corrected chi connectivity index (χ3v) is 15.0. The summed E-state index contributed by atoms with van der Waals surface area (Å²) < 4.78 is 0. The van der Waals surface area contributed by atoms with Crippen molar-refractivity contribution in [2.45, 2.75) is 347 Å². The minimum Gasteiger partial charge on any atom is -0.394 e. The Morgan fingerprint density at radius 2 is 0.592 bits per heavy atom. The second kappa shape index (κ2) is 66.6. The van der Waals surface area contributed by atoms with Gasteiger partial charge >= 0.3 is 0 Å². The average Bonchev–Trinajstić information content (AvgIpc) is 3.42. The summed E-state index contributed by atoms with van der Waals surface area (Å²) in [6, 6.07) is -0.653. The molecule has 0 spiro atoms. The Balaban J connectivity index is 3.53. The van der Waals surface area contributed by atoms with Crippen LogP contribution < -0.4 is 5.32 Å². The Morgan fingerprint density at radius 1 is 0.329 bits per heavy atom. The molecule has 0 aromatic heterocycles. The molecule has 0 saturated heterocycles. The first-order valence-electron chi connectivity index (χ1n) is 33.5. The number of aliphatic hydroxyl groups excluding tert-OH is 2. The van der Waals surface area contributed by atoms with Crippen LogP contribution in [0.2, 0.25) is 0 Å². The predicted octanol–water partition coefficient (Wildman–Crippen LogP) is 22.8. The van der Waals surface area contributed by atoms with Gasteiger partial charge in [0.15, 0.2) is 0 Å². The molecule has 2 atom stereocenters. The number of amides is 1. The lowest BCUT2D eigenvalue weighted by atomic mass is 10.0. The van der Waals surface area contributed by atoms with E-state index >= 15 is 0 Å². The van der Waals surface area contributed by atoms with E-state index in [2.05, 4.69) is 104 Å². The molecule has 0 heterocycles. The molecule has 4 heteroatoms. The Kier molecular flexibility index (Phi) is 64.2. The standard InChI is InChI=1S/C72H129NO3/c1-3-5-7-9-11-13-15-17-19-21-23-25-27-29-31-33-35-36-38-39-41-43-45-47-49-51-53-55-57-59-61-63-65-67-71(75)70(69-74)73-72(76)68-66-64-62-60-58-56-54-52-50-48-46-44-42-40-37-34-32-30-28-26-24-22-20-18-16-14-12-10-8-6-4-2/h6,8,12,14,18,20,24,26,30,32,49,51,57,59,65,67,70-71,74-75H,3-5,7,9-11,13,15-17,19,21-23,25,27-29,31,33-48,50,52-56,58,60-64,66,68-69H2,1-2H3,(H,73,76)/b8-6-,14-12-,20-18-,26-24-,32-30-,51-49+,59-57+,67-65+. The molecule has 0 bridgehead atoms. The highest BCUT2D eigenvalue weighted by molar-refractivity contribution is 5.76. The van der Waals surface area contributed by atoms with E-state index in [0.717, 1.165) is 70.6 Å². The largest absolute Gasteiger partial charge is 0.394 e. The Bertz CT molecular complexity index is 1380. The Labute approximate surface area is 474 Å². The normalized spacial score (nSPS) is 13.4. The van der Waals surface area contributed by atoms with Gasteiger partial charge < -0.3 is 15.5 Å². The fourth-order valence-electron chi connectivity index (χ4n) is 10.0. The number of hydrogen-bond acceptors (Lipinski definition) is 3. The number of carbonyl (C=O) groups excluding carboxylic acids is 1. The van der Waals surface area contributed by atoms with Crippen LogP contribution in [-0.2, 0) is 4.79 Å². The number of aliphatic hydroxyl groups is 2. The minimum absolute atomic E-state index is 0.0778. The molecule has 3 N–H and O–H groups in total. The quantitative estimate of drug-likeness (QED) is 0.0420. The zero-order valence-electron chi connectivity index (χ0n) is 50.8. The SMILES string of the molecule is CC/C=C\C/C=C\C/C=C\C/C=C\C/C=C\CCCCCCCCCCCCCCCCCC(=O)NC(CO)C(O)/C=C/CC/C=C/CC/C=C/CCCCCCCCCCCCCCCCCCCCCCCCC. The number of carbonyl (C=O) groups is 1. The number of unbranched alkanes of at least 4 members (excludes halogenated alkanes) is 40. The molecule has 0 rings (SSSR count). The topological polar surface area (TPSA) is 69.6 Å². The van der Waals surface area contributed by atoms with Crippen molar-refractivity contribution in [3.8, 4) is 0 Å². The molecule has 0 aliphatic carbocycles. The van der Waals surface area contributed by atoms with Gasteiger partial charge in [-0.25, -0.2) is 0 Å². The van der Waals surface area contributed by atoms with E-state index < -0.39 is 12.1 Å². The number of hydrogen-bond donors (Lipinski definition) is 3. The van der Waals surface area contributed by atoms with E-state index in [-0.39, 0.29) is 12.5 Å². The van der Waals surface area contributed by atoms with Gasteiger partial charge in [0.05, 0.1) is 18.8 Å². The second-order valence-corrected chi connectivity index (χ2v) is 22.5. The fourth-order valence-corrected chi connectivity index (χ4v) is 10.0. The first kappa shape index (κ1) is 73.3. The molecule has 1 amide bonds. The summed E-state index contributed by atoms with van der Waals surface area (Å²) in [5.41, 5.74) is 0. The van der Waals surface area contributed by atoms with Crippen molar-refractivity contribution in [2.24, 2.45) is 0 Å². The van der Waals surface area contributed by atoms with Gasteiger partial charge in [-0.3, -0.25) is 4.79 Å². The molecule has 0 fully saturated rings. The van der Waals surface area contributed by atoms with Crippen LogP contribution in [0, 0.1) is 0 Å². The van der Waals surface area contributed by atoms with Crippen LogP contribution in [0.4, 0.5) is 0 Å². The van der Waals surface area contributed by atoms with Gasteiger partial charge in [-0.05, 0) is 89.9 Å². The van der Waals surface area contributed by atoms with Crippen LogP contribution in [-0.4, -0.2) is 34.9 Å². The lowest BCUT2D eigenvalue weighted by Gasteiger charge is -2.19. The first-order chi connectivity index (χ1) is 37.7. The highest BCUT2D eigenvalue weighted by Crippen LogP contribution is 2.18. The summed E-state index contributed by atoms with van der Waals surface area (Å²) in [5.74, 6) is -0.0778. The van der Waals surface area contributed by atoms with Gasteiger partial charge in [-0.1, -0.05) is 336 Å². The second-order valence-electron chi connectivity index (χ2n) is 22.5. The monoisotopic (exact) mass is 1060 g/mol. The smallest absolute Gasteiger partial charge is 0.220 e.